The molecule has 1 N–H and O–H groups in total. The third-order valence-electron chi connectivity index (χ3n) is 3.38. The maximum Gasteiger partial charge on any atom is 0.0594 e. The summed E-state index contributed by atoms with van der Waals surface area (Å²) in [5.74, 6) is 0. The highest BCUT2D eigenvalue weighted by Crippen LogP contribution is 2.19. The molecule has 82 valence electrons. The van der Waals surface area contributed by atoms with E-state index in [0.717, 1.165) is 32.3 Å². The molecule has 2 aliphatic heterocycles. The van der Waals surface area contributed by atoms with E-state index >= 15 is 0 Å². The third-order valence-corrected chi connectivity index (χ3v) is 3.38. The summed E-state index contributed by atoms with van der Waals surface area (Å²) in [5.41, 5.74) is 0. The minimum absolute atomic E-state index is 0.673. The zero-order chi connectivity index (χ0) is 9.97. The molecule has 2 heterocycles. The Morgan fingerprint density at radius 3 is 2.21 bits per heavy atom. The molecule has 2 atom stereocenters. The molecule has 2 fully saturated rings. The number of morpholine rings is 1. The van der Waals surface area contributed by atoms with Crippen LogP contribution in [-0.2, 0) is 4.74 Å². The predicted octanol–water partition coefficient (Wildman–Crippen LogP) is 0.848. The zero-order valence-corrected chi connectivity index (χ0v) is 9.33. The molecule has 2 saturated heterocycles. The Labute approximate surface area is 86.8 Å². The van der Waals surface area contributed by atoms with Gasteiger partial charge in [-0.25, -0.2) is 0 Å². The Morgan fingerprint density at radius 2 is 1.64 bits per heavy atom. The lowest BCUT2D eigenvalue weighted by Gasteiger charge is -2.41. The van der Waals surface area contributed by atoms with Crippen molar-refractivity contribution < 1.29 is 4.74 Å². The van der Waals surface area contributed by atoms with Gasteiger partial charge in [-0.1, -0.05) is 0 Å². The second-order valence-corrected chi connectivity index (χ2v) is 4.74. The van der Waals surface area contributed by atoms with Crippen molar-refractivity contribution >= 4 is 0 Å². The van der Waals surface area contributed by atoms with Crippen molar-refractivity contribution in [2.75, 3.05) is 26.3 Å². The summed E-state index contributed by atoms with van der Waals surface area (Å²) in [5, 5.41) is 3.59. The Kier molecular flexibility index (Phi) is 3.42. The van der Waals surface area contributed by atoms with E-state index in [1.807, 2.05) is 0 Å². The average Bonchev–Trinajstić information content (AvgIpc) is 2.18. The van der Waals surface area contributed by atoms with Crippen molar-refractivity contribution in [1.82, 2.24) is 10.2 Å². The summed E-state index contributed by atoms with van der Waals surface area (Å²) >= 11 is 0. The van der Waals surface area contributed by atoms with Crippen molar-refractivity contribution in [3.05, 3.63) is 0 Å². The van der Waals surface area contributed by atoms with E-state index in [2.05, 4.69) is 24.1 Å². The fourth-order valence-electron chi connectivity index (χ4n) is 2.78. The van der Waals surface area contributed by atoms with Gasteiger partial charge < -0.3 is 10.1 Å². The lowest BCUT2D eigenvalue weighted by Crippen LogP contribution is -2.53. The van der Waals surface area contributed by atoms with E-state index in [1.54, 1.807) is 0 Å². The first-order valence-electron chi connectivity index (χ1n) is 5.83. The molecule has 0 aromatic rings. The van der Waals surface area contributed by atoms with E-state index in [4.69, 9.17) is 4.74 Å². The van der Waals surface area contributed by atoms with Crippen molar-refractivity contribution in [2.24, 2.45) is 0 Å². The summed E-state index contributed by atoms with van der Waals surface area (Å²) in [6.07, 6.45) is 2.59. The van der Waals surface area contributed by atoms with Gasteiger partial charge in [-0.3, -0.25) is 4.90 Å². The topological polar surface area (TPSA) is 24.5 Å². The van der Waals surface area contributed by atoms with Gasteiger partial charge >= 0.3 is 0 Å². The minimum Gasteiger partial charge on any atom is -0.379 e. The largest absolute Gasteiger partial charge is 0.379 e. The lowest BCUT2D eigenvalue weighted by molar-refractivity contribution is 0.00324. The van der Waals surface area contributed by atoms with Crippen LogP contribution < -0.4 is 5.32 Å². The van der Waals surface area contributed by atoms with E-state index < -0.39 is 0 Å². The van der Waals surface area contributed by atoms with Gasteiger partial charge in [0.25, 0.3) is 0 Å². The Balaban J connectivity index is 1.88. The van der Waals surface area contributed by atoms with Crippen LogP contribution in [0.25, 0.3) is 0 Å². The number of nitrogens with one attached hydrogen (secondary N) is 1. The molecule has 2 rings (SSSR count). The highest BCUT2D eigenvalue weighted by atomic mass is 16.5. The van der Waals surface area contributed by atoms with Crippen molar-refractivity contribution in [3.8, 4) is 0 Å². The number of nitrogens with zero attached hydrogens (tertiary/aromatic N) is 1. The molecule has 3 heteroatoms. The first-order chi connectivity index (χ1) is 6.75. The molecule has 0 saturated carbocycles. The molecule has 2 unspecified atom stereocenters. The molecule has 0 aliphatic carbocycles. The summed E-state index contributed by atoms with van der Waals surface area (Å²) in [6, 6.07) is 2.13. The van der Waals surface area contributed by atoms with Gasteiger partial charge in [0.15, 0.2) is 0 Å². The predicted molar refractivity (Wildman–Crippen MR) is 57.5 cm³/mol. The number of piperidine rings is 1. The summed E-state index contributed by atoms with van der Waals surface area (Å²) in [7, 11) is 0. The Hall–Kier alpha value is -0.120. The van der Waals surface area contributed by atoms with Crippen LogP contribution in [-0.4, -0.2) is 49.3 Å². The van der Waals surface area contributed by atoms with E-state index in [0.29, 0.717) is 12.1 Å². The molecular formula is C11H22N2O. The molecule has 0 bridgehead atoms. The standard InChI is InChI=1S/C11H22N2O/c1-9-7-11(8-10(2)12-9)13-3-5-14-6-4-13/h9-12H,3-8H2,1-2H3. The van der Waals surface area contributed by atoms with Crippen LogP contribution in [0.5, 0.6) is 0 Å². The van der Waals surface area contributed by atoms with E-state index in [9.17, 15) is 0 Å². The summed E-state index contributed by atoms with van der Waals surface area (Å²) in [6.45, 7) is 8.69. The molecule has 14 heavy (non-hydrogen) atoms. The van der Waals surface area contributed by atoms with Crippen LogP contribution in [0.15, 0.2) is 0 Å². The van der Waals surface area contributed by atoms with Gasteiger partial charge in [0.1, 0.15) is 0 Å². The SMILES string of the molecule is CC1CC(N2CCOCC2)CC(C)N1. The van der Waals surface area contributed by atoms with Gasteiger partial charge in [0.05, 0.1) is 13.2 Å². The van der Waals surface area contributed by atoms with Crippen LogP contribution in [0.3, 0.4) is 0 Å². The normalized spacial score (nSPS) is 41.1. The van der Waals surface area contributed by atoms with Gasteiger partial charge in [0.2, 0.25) is 0 Å². The lowest BCUT2D eigenvalue weighted by atomic mass is 9.94. The zero-order valence-electron chi connectivity index (χ0n) is 9.33. The molecule has 0 aromatic heterocycles. The van der Waals surface area contributed by atoms with Gasteiger partial charge in [-0.05, 0) is 26.7 Å². The monoisotopic (exact) mass is 198 g/mol. The third kappa shape index (κ3) is 2.47. The maximum absolute atomic E-state index is 5.39. The Morgan fingerprint density at radius 1 is 1.07 bits per heavy atom. The Bertz CT molecular complexity index is 170. The highest BCUT2D eigenvalue weighted by molar-refractivity contribution is 4.87. The summed E-state index contributed by atoms with van der Waals surface area (Å²) < 4.78 is 5.39. The first-order valence-corrected chi connectivity index (χ1v) is 5.83. The van der Waals surface area contributed by atoms with Crippen molar-refractivity contribution in [2.45, 2.75) is 44.8 Å². The maximum atomic E-state index is 5.39. The quantitative estimate of drug-likeness (QED) is 0.676. The molecule has 0 aromatic carbocycles. The number of hydrogen-bond donors (Lipinski definition) is 1. The number of hydrogen-bond acceptors (Lipinski definition) is 3. The van der Waals surface area contributed by atoms with Gasteiger partial charge in [-0.15, -0.1) is 0 Å². The molecule has 3 nitrogen and oxygen atoms in total. The van der Waals surface area contributed by atoms with Crippen molar-refractivity contribution in [3.63, 3.8) is 0 Å². The van der Waals surface area contributed by atoms with Crippen LogP contribution in [0, 0.1) is 0 Å². The smallest absolute Gasteiger partial charge is 0.0594 e. The highest BCUT2D eigenvalue weighted by Gasteiger charge is 2.28. The average molecular weight is 198 g/mol. The number of ether oxygens (including phenoxy) is 1. The fourth-order valence-corrected chi connectivity index (χ4v) is 2.78. The number of rotatable bonds is 1. The van der Waals surface area contributed by atoms with Gasteiger partial charge in [-0.2, -0.15) is 0 Å². The molecular weight excluding hydrogens is 176 g/mol. The van der Waals surface area contributed by atoms with E-state index in [1.165, 1.54) is 12.8 Å². The second kappa shape index (κ2) is 4.60. The molecule has 2 aliphatic rings. The fraction of sp³-hybridized carbons (Fsp3) is 1.00. The van der Waals surface area contributed by atoms with E-state index in [-0.39, 0.29) is 0 Å². The van der Waals surface area contributed by atoms with Gasteiger partial charge in [0, 0.05) is 31.2 Å². The minimum atomic E-state index is 0.673. The first kappa shape index (κ1) is 10.4. The van der Waals surface area contributed by atoms with Crippen LogP contribution in [0.2, 0.25) is 0 Å². The molecule has 0 spiro atoms. The van der Waals surface area contributed by atoms with Crippen molar-refractivity contribution in [1.29, 1.82) is 0 Å². The molecule has 0 amide bonds. The van der Waals surface area contributed by atoms with Crippen LogP contribution in [0.4, 0.5) is 0 Å². The summed E-state index contributed by atoms with van der Waals surface area (Å²) in [4.78, 5) is 2.61. The second-order valence-electron chi connectivity index (χ2n) is 4.74. The van der Waals surface area contributed by atoms with Crippen LogP contribution in [0.1, 0.15) is 26.7 Å². The van der Waals surface area contributed by atoms with Crippen LogP contribution >= 0.6 is 0 Å². The molecule has 0 radical (unpaired) electrons.